The molecule has 1 heterocycles. The number of carbonyl (C=O) groups excluding carboxylic acids is 3. The van der Waals surface area contributed by atoms with E-state index in [0.29, 0.717) is 6.42 Å². The molecule has 2 atom stereocenters. The molecule has 0 aliphatic heterocycles. The minimum absolute atomic E-state index is 0.175. The molecule has 240 valence electrons. The normalized spacial score (nSPS) is 12.9. The average Bonchev–Trinajstić information content (AvgIpc) is 3.34. The number of carboxylic acids is 1. The molecule has 0 aliphatic carbocycles. The van der Waals surface area contributed by atoms with Crippen molar-refractivity contribution < 1.29 is 29.0 Å². The molecule has 2 aromatic rings. The number of aliphatic carboxylic acids is 1. The van der Waals surface area contributed by atoms with Gasteiger partial charge in [-0.2, -0.15) is 0 Å². The summed E-state index contributed by atoms with van der Waals surface area (Å²) in [6, 6.07) is 5.27. The molecule has 0 saturated carbocycles. The van der Waals surface area contributed by atoms with Crippen LogP contribution in [0.4, 0.5) is 0 Å². The summed E-state index contributed by atoms with van der Waals surface area (Å²) >= 11 is 0. The van der Waals surface area contributed by atoms with Crippen LogP contribution in [0.3, 0.4) is 0 Å². The first-order valence-electron chi connectivity index (χ1n) is 16.1. The molecule has 0 saturated heterocycles. The summed E-state index contributed by atoms with van der Waals surface area (Å²) in [6.07, 6.45) is 15.9. The summed E-state index contributed by atoms with van der Waals surface area (Å²) in [5, 5.41) is 15.7. The molecule has 2 amide bonds. The number of para-hydroxylation sites is 1. The summed E-state index contributed by atoms with van der Waals surface area (Å²) in [7, 11) is 0. The van der Waals surface area contributed by atoms with E-state index in [4.69, 9.17) is 4.74 Å². The highest BCUT2D eigenvalue weighted by atomic mass is 16.6. The lowest BCUT2D eigenvalue weighted by atomic mass is 10.0. The van der Waals surface area contributed by atoms with Crippen LogP contribution in [0.15, 0.2) is 30.5 Å². The lowest BCUT2D eigenvalue weighted by Gasteiger charge is -2.25. The third kappa shape index (κ3) is 14.6. The van der Waals surface area contributed by atoms with E-state index in [-0.39, 0.29) is 12.3 Å². The number of esters is 1. The van der Waals surface area contributed by atoms with Gasteiger partial charge in [0.2, 0.25) is 11.8 Å². The van der Waals surface area contributed by atoms with Crippen LogP contribution in [0.1, 0.15) is 123 Å². The molecule has 0 fully saturated rings. The number of fused-ring (bicyclic) bond motifs is 1. The summed E-state index contributed by atoms with van der Waals surface area (Å²) in [4.78, 5) is 53.7. The fourth-order valence-electron chi connectivity index (χ4n) is 5.14. The third-order valence-electron chi connectivity index (χ3n) is 7.39. The second-order valence-electron chi connectivity index (χ2n) is 12.5. The molecule has 2 rings (SSSR count). The van der Waals surface area contributed by atoms with Crippen LogP contribution < -0.4 is 10.6 Å². The van der Waals surface area contributed by atoms with Crippen molar-refractivity contribution in [1.82, 2.24) is 15.6 Å². The highest BCUT2D eigenvalue weighted by Crippen LogP contribution is 2.20. The monoisotopic (exact) mass is 599 g/mol. The maximum absolute atomic E-state index is 13.4. The molecule has 1 aromatic carbocycles. The quantitative estimate of drug-likeness (QED) is 0.0944. The van der Waals surface area contributed by atoms with E-state index < -0.39 is 42.0 Å². The van der Waals surface area contributed by atoms with Crippen LogP contribution >= 0.6 is 0 Å². The van der Waals surface area contributed by atoms with E-state index in [1.54, 1.807) is 27.0 Å². The van der Waals surface area contributed by atoms with Gasteiger partial charge in [-0.05, 0) is 38.8 Å². The van der Waals surface area contributed by atoms with Crippen LogP contribution in [0.2, 0.25) is 0 Å². The maximum atomic E-state index is 13.4. The molecule has 43 heavy (non-hydrogen) atoms. The van der Waals surface area contributed by atoms with E-state index in [1.807, 2.05) is 24.3 Å². The van der Waals surface area contributed by atoms with Crippen molar-refractivity contribution in [1.29, 1.82) is 0 Å². The zero-order valence-electron chi connectivity index (χ0n) is 26.6. The van der Waals surface area contributed by atoms with Crippen LogP contribution in [-0.2, 0) is 30.3 Å². The summed E-state index contributed by atoms with van der Waals surface area (Å²) in [5.41, 5.74) is 0.871. The standard InChI is InChI=1S/C34H53N3O6/c1-5-6-7-8-9-10-11-12-13-14-15-16-21-30(38)36-28(22-25-24-35-27-20-18-17-19-26(25)27)32(41)37-29(23-31(39)40)33(42)43-34(2,3)4/h17-20,24,28-29,35H,5-16,21-23H2,1-4H3,(H,36,38)(H,37,41)(H,39,40)/t28-,29-/m0/s1. The maximum Gasteiger partial charge on any atom is 0.329 e. The van der Waals surface area contributed by atoms with Gasteiger partial charge >= 0.3 is 11.9 Å². The second-order valence-corrected chi connectivity index (χ2v) is 12.5. The van der Waals surface area contributed by atoms with Gasteiger partial charge in [-0.15, -0.1) is 0 Å². The molecule has 9 nitrogen and oxygen atoms in total. The van der Waals surface area contributed by atoms with Crippen molar-refractivity contribution in [3.8, 4) is 0 Å². The van der Waals surface area contributed by atoms with Crippen LogP contribution in [-0.4, -0.2) is 51.5 Å². The predicted molar refractivity (Wildman–Crippen MR) is 170 cm³/mol. The van der Waals surface area contributed by atoms with Gasteiger partial charge in [0.1, 0.15) is 17.7 Å². The van der Waals surface area contributed by atoms with Gasteiger partial charge in [0.25, 0.3) is 0 Å². The summed E-state index contributed by atoms with van der Waals surface area (Å²) < 4.78 is 5.34. The average molecular weight is 600 g/mol. The van der Waals surface area contributed by atoms with E-state index in [2.05, 4.69) is 22.5 Å². The molecule has 0 radical (unpaired) electrons. The van der Waals surface area contributed by atoms with Crippen molar-refractivity contribution in [2.75, 3.05) is 0 Å². The number of carboxylic acid groups (broad SMARTS) is 1. The molecule has 0 spiro atoms. The van der Waals surface area contributed by atoms with E-state index in [1.165, 1.54) is 51.4 Å². The number of rotatable bonds is 21. The number of amides is 2. The van der Waals surface area contributed by atoms with Gasteiger partial charge in [-0.3, -0.25) is 14.4 Å². The number of ether oxygens (including phenoxy) is 1. The van der Waals surface area contributed by atoms with Gasteiger partial charge in [0.15, 0.2) is 0 Å². The first-order chi connectivity index (χ1) is 20.5. The van der Waals surface area contributed by atoms with Crippen molar-refractivity contribution in [3.05, 3.63) is 36.0 Å². The largest absolute Gasteiger partial charge is 0.481 e. The lowest BCUT2D eigenvalue weighted by Crippen LogP contribution is -2.53. The van der Waals surface area contributed by atoms with Crippen molar-refractivity contribution in [2.45, 2.75) is 142 Å². The summed E-state index contributed by atoms with van der Waals surface area (Å²) in [5.74, 6) is -2.97. The minimum Gasteiger partial charge on any atom is -0.481 e. The Morgan fingerprint density at radius 3 is 2.00 bits per heavy atom. The Balaban J connectivity index is 1.94. The molecule has 9 heteroatoms. The topological polar surface area (TPSA) is 138 Å². The molecule has 0 unspecified atom stereocenters. The predicted octanol–water partition coefficient (Wildman–Crippen LogP) is 6.59. The van der Waals surface area contributed by atoms with E-state index in [9.17, 15) is 24.3 Å². The molecule has 1 aromatic heterocycles. The number of H-pyrrole nitrogens is 1. The molecule has 0 aliphatic rings. The first-order valence-corrected chi connectivity index (χ1v) is 16.1. The Kier molecular flexibility index (Phi) is 15.9. The zero-order chi connectivity index (χ0) is 31.7. The Labute approximate surface area is 256 Å². The number of carbonyl (C=O) groups is 4. The Morgan fingerprint density at radius 1 is 0.837 bits per heavy atom. The van der Waals surface area contributed by atoms with Gasteiger partial charge < -0.3 is 25.5 Å². The number of nitrogens with one attached hydrogen (secondary N) is 3. The van der Waals surface area contributed by atoms with E-state index in [0.717, 1.165) is 42.1 Å². The first kappa shape index (κ1) is 35.8. The Morgan fingerprint density at radius 2 is 1.42 bits per heavy atom. The third-order valence-corrected chi connectivity index (χ3v) is 7.39. The number of hydrogen-bond acceptors (Lipinski definition) is 5. The highest BCUT2D eigenvalue weighted by Gasteiger charge is 2.32. The fraction of sp³-hybridized carbons (Fsp3) is 0.647. The fourth-order valence-corrected chi connectivity index (χ4v) is 5.14. The van der Waals surface area contributed by atoms with Gasteiger partial charge in [-0.1, -0.05) is 95.8 Å². The minimum atomic E-state index is -1.39. The second kappa shape index (κ2) is 19.0. The highest BCUT2D eigenvalue weighted by molar-refractivity contribution is 5.93. The number of unbranched alkanes of at least 4 members (excludes halogenated alkanes) is 11. The van der Waals surface area contributed by atoms with Crippen LogP contribution in [0.25, 0.3) is 10.9 Å². The number of aromatic nitrogens is 1. The number of hydrogen-bond donors (Lipinski definition) is 4. The molecule has 0 bridgehead atoms. The smallest absolute Gasteiger partial charge is 0.329 e. The number of aromatic amines is 1. The Hall–Kier alpha value is -3.36. The molecular weight excluding hydrogens is 546 g/mol. The summed E-state index contributed by atoms with van der Waals surface area (Å²) in [6.45, 7) is 7.23. The molecular formula is C34H53N3O6. The Bertz CT molecular complexity index is 1150. The van der Waals surface area contributed by atoms with Crippen LogP contribution in [0, 0.1) is 0 Å². The van der Waals surface area contributed by atoms with Gasteiger partial charge in [-0.25, -0.2) is 4.79 Å². The number of benzene rings is 1. The molecule has 4 N–H and O–H groups in total. The van der Waals surface area contributed by atoms with E-state index >= 15 is 0 Å². The lowest BCUT2D eigenvalue weighted by molar-refractivity contribution is -0.161. The zero-order valence-corrected chi connectivity index (χ0v) is 26.6. The van der Waals surface area contributed by atoms with Crippen LogP contribution in [0.5, 0.6) is 0 Å². The van der Waals surface area contributed by atoms with Gasteiger partial charge in [0.05, 0.1) is 6.42 Å². The SMILES string of the molecule is CCCCCCCCCCCCCCC(=O)N[C@@H](Cc1c[nH]c2ccccc12)C(=O)N[C@@H](CC(=O)O)C(=O)OC(C)(C)C. The van der Waals surface area contributed by atoms with Crippen molar-refractivity contribution in [3.63, 3.8) is 0 Å². The van der Waals surface area contributed by atoms with Crippen molar-refractivity contribution >= 4 is 34.7 Å². The van der Waals surface area contributed by atoms with Crippen molar-refractivity contribution in [2.24, 2.45) is 0 Å². The van der Waals surface area contributed by atoms with Gasteiger partial charge in [0, 0.05) is 29.9 Å².